The van der Waals surface area contributed by atoms with E-state index in [9.17, 15) is 0 Å². The number of hydrogen-bond donors (Lipinski definition) is 0. The largest absolute Gasteiger partial charge is 0.453 e. The Morgan fingerprint density at radius 3 is 1.57 bits per heavy atom. The lowest BCUT2D eigenvalue weighted by Crippen LogP contribution is -2.36. The number of rotatable bonds is 4. The molecule has 0 aliphatic carbocycles. The van der Waals surface area contributed by atoms with Crippen molar-refractivity contribution < 1.29 is 18.9 Å². The van der Waals surface area contributed by atoms with Gasteiger partial charge in [-0.15, -0.1) is 0 Å². The lowest BCUT2D eigenvalue weighted by atomic mass is 10.1. The number of fused-ring (bicyclic) bond motifs is 1. The first-order valence-electron chi connectivity index (χ1n) is 8.41. The maximum atomic E-state index is 5.78. The Morgan fingerprint density at radius 2 is 1.13 bits per heavy atom. The van der Waals surface area contributed by atoms with Gasteiger partial charge in [0.05, 0.1) is 26.4 Å². The number of benzene rings is 1. The molecule has 0 aromatic heterocycles. The van der Waals surface area contributed by atoms with Crippen LogP contribution in [0.2, 0.25) is 0 Å². The Labute approximate surface area is 136 Å². The minimum absolute atomic E-state index is 0.325. The van der Waals surface area contributed by atoms with Crippen LogP contribution < -0.4 is 9.47 Å². The van der Waals surface area contributed by atoms with Crippen LogP contribution in [0.1, 0.15) is 11.1 Å². The molecule has 126 valence electrons. The molecule has 0 bridgehead atoms. The highest BCUT2D eigenvalue weighted by molar-refractivity contribution is 5.53. The van der Waals surface area contributed by atoms with Crippen LogP contribution in [0.25, 0.3) is 0 Å². The molecule has 0 radical (unpaired) electrons. The van der Waals surface area contributed by atoms with E-state index in [1.54, 1.807) is 0 Å². The van der Waals surface area contributed by atoms with Crippen molar-refractivity contribution >= 4 is 0 Å². The molecule has 4 rings (SSSR count). The summed E-state index contributed by atoms with van der Waals surface area (Å²) in [7, 11) is 0. The highest BCUT2D eigenvalue weighted by Crippen LogP contribution is 2.40. The summed E-state index contributed by atoms with van der Waals surface area (Å²) >= 11 is 0. The van der Waals surface area contributed by atoms with Crippen LogP contribution in [0.4, 0.5) is 0 Å². The molecule has 3 aliphatic rings. The van der Waals surface area contributed by atoms with E-state index in [4.69, 9.17) is 18.9 Å². The van der Waals surface area contributed by atoms with Crippen molar-refractivity contribution in [2.45, 2.75) is 13.1 Å². The molecule has 0 saturated carbocycles. The van der Waals surface area contributed by atoms with Crippen molar-refractivity contribution in [1.82, 2.24) is 9.80 Å². The minimum Gasteiger partial charge on any atom is -0.453 e. The van der Waals surface area contributed by atoms with Gasteiger partial charge in [0.2, 0.25) is 6.79 Å². The quantitative estimate of drug-likeness (QED) is 0.827. The Kier molecular flexibility index (Phi) is 4.66. The van der Waals surface area contributed by atoms with E-state index < -0.39 is 0 Å². The Bertz CT molecular complexity index is 493. The molecule has 3 heterocycles. The van der Waals surface area contributed by atoms with Crippen LogP contribution in [-0.2, 0) is 22.6 Å². The van der Waals surface area contributed by atoms with Gasteiger partial charge in [-0.3, -0.25) is 9.80 Å². The van der Waals surface area contributed by atoms with Gasteiger partial charge in [-0.1, -0.05) is 12.1 Å². The van der Waals surface area contributed by atoms with Crippen molar-refractivity contribution in [2.24, 2.45) is 0 Å². The second kappa shape index (κ2) is 7.05. The zero-order valence-corrected chi connectivity index (χ0v) is 13.5. The molecule has 1 aromatic rings. The third-order valence-corrected chi connectivity index (χ3v) is 4.68. The molecule has 1 aromatic carbocycles. The van der Waals surface area contributed by atoms with E-state index in [-0.39, 0.29) is 0 Å². The first-order chi connectivity index (χ1) is 11.4. The van der Waals surface area contributed by atoms with Crippen LogP contribution in [0.15, 0.2) is 12.1 Å². The van der Waals surface area contributed by atoms with E-state index in [0.29, 0.717) is 6.79 Å². The molecule has 0 atom stereocenters. The predicted octanol–water partition coefficient (Wildman–Crippen LogP) is 1.08. The molecule has 3 aliphatic heterocycles. The SMILES string of the molecule is c1cc(CN2CCOCC2)c2c(c1CN1CCOCC1)OCO2. The third-order valence-electron chi connectivity index (χ3n) is 4.68. The molecule has 0 amide bonds. The Morgan fingerprint density at radius 1 is 0.696 bits per heavy atom. The summed E-state index contributed by atoms with van der Waals surface area (Å²) in [6.07, 6.45) is 0. The van der Waals surface area contributed by atoms with E-state index in [2.05, 4.69) is 21.9 Å². The number of nitrogens with zero attached hydrogens (tertiary/aromatic N) is 2. The monoisotopic (exact) mass is 320 g/mol. The molecule has 0 spiro atoms. The molecular formula is C17H24N2O4. The first kappa shape index (κ1) is 15.2. The normalized spacial score (nSPS) is 22.4. The molecule has 6 heteroatoms. The molecule has 6 nitrogen and oxygen atoms in total. The summed E-state index contributed by atoms with van der Waals surface area (Å²) in [6.45, 7) is 9.28. The lowest BCUT2D eigenvalue weighted by Gasteiger charge is -2.28. The molecule has 2 fully saturated rings. The van der Waals surface area contributed by atoms with Crippen LogP contribution in [0.3, 0.4) is 0 Å². The molecular weight excluding hydrogens is 296 g/mol. The predicted molar refractivity (Wildman–Crippen MR) is 84.8 cm³/mol. The topological polar surface area (TPSA) is 43.4 Å². The van der Waals surface area contributed by atoms with Gasteiger partial charge in [0.25, 0.3) is 0 Å². The first-order valence-corrected chi connectivity index (χ1v) is 8.41. The van der Waals surface area contributed by atoms with Crippen LogP contribution >= 0.6 is 0 Å². The van der Waals surface area contributed by atoms with Crippen molar-refractivity contribution in [3.63, 3.8) is 0 Å². The van der Waals surface area contributed by atoms with Gasteiger partial charge >= 0.3 is 0 Å². The summed E-state index contributed by atoms with van der Waals surface area (Å²) in [6, 6.07) is 4.39. The standard InChI is InChI=1S/C17H24N2O4/c1-2-15(12-19-5-9-21-10-6-19)17-16(22-13-23-17)14(1)11-18-3-7-20-8-4-18/h1-2H,3-13H2. The molecule has 0 unspecified atom stereocenters. The molecule has 2 saturated heterocycles. The van der Waals surface area contributed by atoms with E-state index >= 15 is 0 Å². The van der Waals surface area contributed by atoms with Gasteiger partial charge in [-0.05, 0) is 0 Å². The Hall–Kier alpha value is -1.34. The van der Waals surface area contributed by atoms with Crippen LogP contribution in [0, 0.1) is 0 Å². The van der Waals surface area contributed by atoms with Gasteiger partial charge < -0.3 is 18.9 Å². The molecule has 0 N–H and O–H groups in total. The van der Waals surface area contributed by atoms with Crippen LogP contribution in [0.5, 0.6) is 11.5 Å². The van der Waals surface area contributed by atoms with Crippen molar-refractivity contribution in [1.29, 1.82) is 0 Å². The van der Waals surface area contributed by atoms with Crippen molar-refractivity contribution in [2.75, 3.05) is 59.4 Å². The van der Waals surface area contributed by atoms with Gasteiger partial charge in [0.15, 0.2) is 11.5 Å². The summed E-state index contributed by atoms with van der Waals surface area (Å²) in [5.74, 6) is 1.87. The van der Waals surface area contributed by atoms with Gasteiger partial charge in [0.1, 0.15) is 0 Å². The maximum absolute atomic E-state index is 5.78. The fourth-order valence-electron chi connectivity index (χ4n) is 3.36. The average Bonchev–Trinajstić information content (AvgIpc) is 3.09. The van der Waals surface area contributed by atoms with E-state index in [1.165, 1.54) is 11.1 Å². The fraction of sp³-hybridized carbons (Fsp3) is 0.647. The van der Waals surface area contributed by atoms with Gasteiger partial charge in [-0.25, -0.2) is 0 Å². The number of ether oxygens (including phenoxy) is 4. The van der Waals surface area contributed by atoms with Gasteiger partial charge in [0, 0.05) is 50.4 Å². The summed E-state index contributed by atoms with van der Waals surface area (Å²) in [5.41, 5.74) is 2.43. The Balaban J connectivity index is 1.50. The zero-order valence-electron chi connectivity index (χ0n) is 13.5. The number of morpholine rings is 2. The smallest absolute Gasteiger partial charge is 0.231 e. The lowest BCUT2D eigenvalue weighted by molar-refractivity contribution is 0.0335. The minimum atomic E-state index is 0.325. The van der Waals surface area contributed by atoms with Gasteiger partial charge in [-0.2, -0.15) is 0 Å². The second-order valence-corrected chi connectivity index (χ2v) is 6.23. The van der Waals surface area contributed by atoms with Crippen molar-refractivity contribution in [3.05, 3.63) is 23.3 Å². The zero-order chi connectivity index (χ0) is 15.5. The molecule has 23 heavy (non-hydrogen) atoms. The third kappa shape index (κ3) is 3.45. The van der Waals surface area contributed by atoms with Crippen molar-refractivity contribution in [3.8, 4) is 11.5 Å². The maximum Gasteiger partial charge on any atom is 0.231 e. The highest BCUT2D eigenvalue weighted by Gasteiger charge is 2.25. The highest BCUT2D eigenvalue weighted by atomic mass is 16.7. The summed E-state index contributed by atoms with van der Waals surface area (Å²) < 4.78 is 22.4. The fourth-order valence-corrected chi connectivity index (χ4v) is 3.36. The van der Waals surface area contributed by atoms with E-state index in [1.807, 2.05) is 0 Å². The second-order valence-electron chi connectivity index (χ2n) is 6.23. The summed E-state index contributed by atoms with van der Waals surface area (Å²) in [4.78, 5) is 4.81. The van der Waals surface area contributed by atoms with Crippen LogP contribution in [-0.4, -0.2) is 69.2 Å². The summed E-state index contributed by atoms with van der Waals surface area (Å²) in [5, 5.41) is 0. The van der Waals surface area contributed by atoms with E-state index in [0.717, 1.165) is 77.2 Å². The number of hydrogen-bond acceptors (Lipinski definition) is 6. The average molecular weight is 320 g/mol.